The van der Waals surface area contributed by atoms with Gasteiger partial charge in [0.1, 0.15) is 6.07 Å². The fraction of sp³-hybridized carbons (Fsp3) is 0.0392. The van der Waals surface area contributed by atoms with Crippen LogP contribution >= 0.6 is 0 Å². The highest BCUT2D eigenvalue weighted by Crippen LogP contribution is 2.46. The molecule has 0 N–H and O–H groups in total. The van der Waals surface area contributed by atoms with Gasteiger partial charge in [0.15, 0.2) is 0 Å². The lowest BCUT2D eigenvalue weighted by Gasteiger charge is -2.22. The number of hydrogen-bond acceptors (Lipinski definition) is 1. The number of aromatic nitrogens is 2. The number of hydrogen-bond donors (Lipinski definition) is 0. The highest BCUT2D eigenvalue weighted by molar-refractivity contribution is 6.12. The van der Waals surface area contributed by atoms with Gasteiger partial charge in [0.05, 0.1) is 50.1 Å². The third kappa shape index (κ3) is 5.99. The first-order chi connectivity index (χ1) is 29.0. The molecule has 3 nitrogen and oxygen atoms in total. The van der Waals surface area contributed by atoms with Gasteiger partial charge in [0.2, 0.25) is 0 Å². The molecule has 0 saturated carbocycles. The molecule has 10 rings (SSSR count). The van der Waals surface area contributed by atoms with E-state index in [1.165, 1.54) is 6.07 Å². The largest absolute Gasteiger partial charge is 0.417 e. The molecule has 0 aliphatic heterocycles. The van der Waals surface area contributed by atoms with Crippen molar-refractivity contribution in [1.29, 1.82) is 5.26 Å². The molecule has 8 aromatic carbocycles. The molecule has 0 bridgehead atoms. The van der Waals surface area contributed by atoms with Crippen molar-refractivity contribution in [1.82, 2.24) is 9.13 Å². The molecule has 0 fully saturated rings. The van der Waals surface area contributed by atoms with Crippen molar-refractivity contribution in [2.24, 2.45) is 0 Å². The van der Waals surface area contributed by atoms with E-state index in [1.54, 1.807) is 6.07 Å². The van der Waals surface area contributed by atoms with Gasteiger partial charge in [-0.05, 0) is 76.3 Å². The summed E-state index contributed by atoms with van der Waals surface area (Å²) in [5.74, 6) is 0. The SMILES string of the molecule is N#Cc1cc(-n2c3ccccc3c3ccc(-c4ccccc4)cc32)c(-c2ccc(C(F)(F)F)cc2C(F)(F)F)cc1-n1c2ccccc2c2ccc(-c3ccccc3)cc21. The van der Waals surface area contributed by atoms with Gasteiger partial charge in [-0.1, -0.05) is 127 Å². The van der Waals surface area contributed by atoms with Gasteiger partial charge >= 0.3 is 12.4 Å². The first-order valence-corrected chi connectivity index (χ1v) is 19.0. The average molecular weight is 798 g/mol. The fourth-order valence-electron chi connectivity index (χ4n) is 8.52. The number of nitrogens with zero attached hydrogens (tertiary/aromatic N) is 3. The lowest BCUT2D eigenvalue weighted by Crippen LogP contribution is -2.13. The van der Waals surface area contributed by atoms with Crippen molar-refractivity contribution in [2.75, 3.05) is 0 Å². The van der Waals surface area contributed by atoms with Crippen LogP contribution in [0.1, 0.15) is 16.7 Å². The van der Waals surface area contributed by atoms with E-state index in [0.717, 1.165) is 49.9 Å². The Morgan fingerprint density at radius 1 is 0.383 bits per heavy atom. The van der Waals surface area contributed by atoms with Gasteiger partial charge in [0.25, 0.3) is 0 Å². The van der Waals surface area contributed by atoms with E-state index in [1.807, 2.05) is 155 Å². The van der Waals surface area contributed by atoms with Crippen molar-refractivity contribution in [3.8, 4) is 50.8 Å². The summed E-state index contributed by atoms with van der Waals surface area (Å²) in [5, 5.41) is 14.3. The van der Waals surface area contributed by atoms with Gasteiger partial charge in [-0.15, -0.1) is 0 Å². The van der Waals surface area contributed by atoms with Crippen LogP contribution in [0.4, 0.5) is 26.3 Å². The minimum atomic E-state index is -5.18. The molecular weight excluding hydrogens is 769 g/mol. The zero-order valence-corrected chi connectivity index (χ0v) is 31.4. The van der Waals surface area contributed by atoms with E-state index in [-0.39, 0.29) is 28.6 Å². The Bertz CT molecular complexity index is 3350. The predicted molar refractivity (Wildman–Crippen MR) is 226 cm³/mol. The quantitative estimate of drug-likeness (QED) is 0.160. The van der Waals surface area contributed by atoms with Crippen LogP contribution in [0.25, 0.3) is 88.4 Å². The zero-order valence-electron chi connectivity index (χ0n) is 31.4. The van der Waals surface area contributed by atoms with Crippen LogP contribution in [0.3, 0.4) is 0 Å². The first-order valence-electron chi connectivity index (χ1n) is 19.0. The first kappa shape index (κ1) is 36.7. The van der Waals surface area contributed by atoms with E-state index in [4.69, 9.17) is 0 Å². The molecule has 0 spiro atoms. The molecule has 2 heterocycles. The summed E-state index contributed by atoms with van der Waals surface area (Å²) in [6, 6.07) is 53.3. The smallest absolute Gasteiger partial charge is 0.309 e. The number of halogens is 6. The summed E-state index contributed by atoms with van der Waals surface area (Å²) in [4.78, 5) is 0. The van der Waals surface area contributed by atoms with Gasteiger partial charge in [-0.2, -0.15) is 31.6 Å². The van der Waals surface area contributed by atoms with Crippen LogP contribution in [0.15, 0.2) is 176 Å². The van der Waals surface area contributed by atoms with Crippen molar-refractivity contribution >= 4 is 43.6 Å². The molecule has 0 atom stereocenters. The third-order valence-electron chi connectivity index (χ3n) is 11.2. The number of fused-ring (bicyclic) bond motifs is 6. The normalized spacial score (nSPS) is 12.2. The van der Waals surface area contributed by atoms with Gasteiger partial charge in [-0.25, -0.2) is 0 Å². The molecule has 0 saturated heterocycles. The zero-order chi connectivity index (χ0) is 41.3. The number of nitriles is 1. The van der Waals surface area contributed by atoms with Crippen LogP contribution < -0.4 is 0 Å². The molecule has 10 aromatic rings. The molecule has 9 heteroatoms. The van der Waals surface area contributed by atoms with E-state index in [0.29, 0.717) is 28.1 Å². The second kappa shape index (κ2) is 13.8. The van der Waals surface area contributed by atoms with Crippen molar-refractivity contribution in [3.05, 3.63) is 193 Å². The Morgan fingerprint density at radius 2 is 0.867 bits per heavy atom. The van der Waals surface area contributed by atoms with Crippen LogP contribution in [0, 0.1) is 11.3 Å². The number of rotatable bonds is 5. The monoisotopic (exact) mass is 797 g/mol. The van der Waals surface area contributed by atoms with Gasteiger partial charge in [0, 0.05) is 27.1 Å². The highest BCUT2D eigenvalue weighted by atomic mass is 19.4. The number of alkyl halides is 6. The molecule has 0 aliphatic rings. The highest BCUT2D eigenvalue weighted by Gasteiger charge is 2.39. The molecule has 0 unspecified atom stereocenters. The average Bonchev–Trinajstić information content (AvgIpc) is 3.77. The maximum absolute atomic E-state index is 15.2. The van der Waals surface area contributed by atoms with Crippen LogP contribution in [0.5, 0.6) is 0 Å². The van der Waals surface area contributed by atoms with Crippen LogP contribution in [-0.4, -0.2) is 9.13 Å². The van der Waals surface area contributed by atoms with Crippen molar-refractivity contribution in [2.45, 2.75) is 12.4 Å². The minimum absolute atomic E-state index is 0.0111. The Kier molecular flexibility index (Phi) is 8.44. The fourth-order valence-corrected chi connectivity index (χ4v) is 8.52. The third-order valence-corrected chi connectivity index (χ3v) is 11.2. The molecule has 0 amide bonds. The summed E-state index contributed by atoms with van der Waals surface area (Å²) in [5.41, 5.74) is 3.50. The van der Waals surface area contributed by atoms with E-state index >= 15 is 13.2 Å². The Labute approximate surface area is 339 Å². The summed E-state index contributed by atoms with van der Waals surface area (Å²) >= 11 is 0. The predicted octanol–water partition coefficient (Wildman–Crippen LogP) is 14.8. The molecular formula is C51H29F6N3. The summed E-state index contributed by atoms with van der Waals surface area (Å²) in [7, 11) is 0. The molecule has 0 radical (unpaired) electrons. The van der Waals surface area contributed by atoms with Crippen molar-refractivity contribution < 1.29 is 26.3 Å². The van der Waals surface area contributed by atoms with Crippen molar-refractivity contribution in [3.63, 3.8) is 0 Å². The topological polar surface area (TPSA) is 33.6 Å². The van der Waals surface area contributed by atoms with Crippen LogP contribution in [-0.2, 0) is 12.4 Å². The Hall–Kier alpha value is -7.57. The second-order valence-corrected chi connectivity index (χ2v) is 14.7. The van der Waals surface area contributed by atoms with Gasteiger partial charge in [-0.3, -0.25) is 0 Å². The minimum Gasteiger partial charge on any atom is -0.309 e. The molecule has 60 heavy (non-hydrogen) atoms. The Balaban J connectivity index is 1.35. The second-order valence-electron chi connectivity index (χ2n) is 14.7. The maximum Gasteiger partial charge on any atom is 0.417 e. The van der Waals surface area contributed by atoms with E-state index in [2.05, 4.69) is 6.07 Å². The van der Waals surface area contributed by atoms with E-state index in [9.17, 15) is 18.4 Å². The maximum atomic E-state index is 15.2. The van der Waals surface area contributed by atoms with Gasteiger partial charge < -0.3 is 9.13 Å². The summed E-state index contributed by atoms with van der Waals surface area (Å²) < 4.78 is 91.7. The number of para-hydroxylation sites is 2. The lowest BCUT2D eigenvalue weighted by atomic mass is 9.93. The molecule has 2 aromatic heterocycles. The molecule has 290 valence electrons. The Morgan fingerprint density at radius 3 is 1.37 bits per heavy atom. The lowest BCUT2D eigenvalue weighted by molar-refractivity contribution is -0.142. The molecule has 0 aliphatic carbocycles. The summed E-state index contributed by atoms with van der Waals surface area (Å²) in [6.07, 6.45) is -10.2. The standard InChI is InChI=1S/C51H29F6N3/c52-50(53,54)36-21-24-37(43(28-36)51(55,56)57)42-29-46(59-44-17-9-7-15-38(44)40-22-19-33(25-47(40)59)31-11-3-1-4-12-31)35(30-58)27-49(42)60-45-18-10-8-16-39(45)41-23-20-34(26-48(41)60)32-13-5-2-6-14-32/h1-29H. The van der Waals surface area contributed by atoms with E-state index < -0.39 is 29.0 Å². The van der Waals surface area contributed by atoms with Crippen LogP contribution in [0.2, 0.25) is 0 Å². The summed E-state index contributed by atoms with van der Waals surface area (Å²) in [6.45, 7) is 0. The number of benzene rings is 8.